The van der Waals surface area contributed by atoms with Crippen molar-refractivity contribution in [2.45, 2.75) is 6.92 Å². The molecule has 17 heavy (non-hydrogen) atoms. The number of aryl methyl sites for hydroxylation is 1. The maximum Gasteiger partial charge on any atom is 0.180 e. The van der Waals surface area contributed by atoms with Gasteiger partial charge in [-0.1, -0.05) is 0 Å². The van der Waals surface area contributed by atoms with Crippen molar-refractivity contribution in [3.8, 4) is 11.3 Å². The molecular formula is C11H9BrN4S. The van der Waals surface area contributed by atoms with Crippen molar-refractivity contribution >= 4 is 43.4 Å². The van der Waals surface area contributed by atoms with Crippen LogP contribution in [0.1, 0.15) is 4.88 Å². The largest absolute Gasteiger partial charge is 0.375 e. The van der Waals surface area contributed by atoms with E-state index in [9.17, 15) is 0 Å². The van der Waals surface area contributed by atoms with Gasteiger partial charge >= 0.3 is 0 Å². The van der Waals surface area contributed by atoms with E-state index in [1.54, 1.807) is 6.20 Å². The second-order valence-electron chi connectivity index (χ2n) is 3.71. The van der Waals surface area contributed by atoms with Crippen LogP contribution in [0.5, 0.6) is 0 Å². The first-order valence-electron chi connectivity index (χ1n) is 5.01. The standard InChI is InChI=1S/C11H9BrN4S/c1-5-9(16-11(13)17-5)8-4-15-10-7(8)2-6(12)3-14-10/h2-4H,1H3,(H2,13,16)(H,14,15). The van der Waals surface area contributed by atoms with Crippen LogP contribution in [0.4, 0.5) is 5.13 Å². The third-order valence-electron chi connectivity index (χ3n) is 2.57. The van der Waals surface area contributed by atoms with Crippen molar-refractivity contribution in [3.05, 3.63) is 27.8 Å². The zero-order chi connectivity index (χ0) is 12.0. The van der Waals surface area contributed by atoms with Gasteiger partial charge < -0.3 is 10.7 Å². The zero-order valence-electron chi connectivity index (χ0n) is 8.99. The molecule has 3 aromatic rings. The quantitative estimate of drug-likeness (QED) is 0.724. The summed E-state index contributed by atoms with van der Waals surface area (Å²) in [5, 5.41) is 1.64. The van der Waals surface area contributed by atoms with Gasteiger partial charge in [-0.3, -0.25) is 0 Å². The predicted octanol–water partition coefficient (Wildman–Crippen LogP) is 3.34. The third kappa shape index (κ3) is 1.73. The Morgan fingerprint density at radius 1 is 1.47 bits per heavy atom. The lowest BCUT2D eigenvalue weighted by Crippen LogP contribution is -1.83. The summed E-state index contributed by atoms with van der Waals surface area (Å²) in [6.45, 7) is 2.02. The van der Waals surface area contributed by atoms with Crippen molar-refractivity contribution in [2.24, 2.45) is 0 Å². The zero-order valence-corrected chi connectivity index (χ0v) is 11.4. The number of hydrogen-bond donors (Lipinski definition) is 2. The maximum absolute atomic E-state index is 5.73. The summed E-state index contributed by atoms with van der Waals surface area (Å²) in [5.41, 5.74) is 8.56. The number of nitrogens with zero attached hydrogens (tertiary/aromatic N) is 2. The Labute approximate surface area is 110 Å². The number of H-pyrrole nitrogens is 1. The van der Waals surface area contributed by atoms with Crippen LogP contribution in [-0.4, -0.2) is 15.0 Å². The number of aromatic amines is 1. The number of halogens is 1. The van der Waals surface area contributed by atoms with Gasteiger partial charge in [-0.15, -0.1) is 11.3 Å². The molecule has 0 fully saturated rings. The van der Waals surface area contributed by atoms with Crippen LogP contribution in [0.15, 0.2) is 22.9 Å². The normalized spacial score (nSPS) is 11.2. The van der Waals surface area contributed by atoms with Crippen molar-refractivity contribution in [2.75, 3.05) is 5.73 Å². The van der Waals surface area contributed by atoms with Crippen LogP contribution >= 0.6 is 27.3 Å². The second kappa shape index (κ2) is 3.82. The van der Waals surface area contributed by atoms with E-state index >= 15 is 0 Å². The van der Waals surface area contributed by atoms with Crippen LogP contribution in [0.3, 0.4) is 0 Å². The lowest BCUT2D eigenvalue weighted by atomic mass is 10.1. The first-order chi connectivity index (χ1) is 8.15. The molecule has 3 N–H and O–H groups in total. The van der Waals surface area contributed by atoms with E-state index in [1.807, 2.05) is 19.2 Å². The molecule has 0 aliphatic carbocycles. The molecular weight excluding hydrogens is 300 g/mol. The molecule has 0 amide bonds. The Morgan fingerprint density at radius 2 is 2.29 bits per heavy atom. The van der Waals surface area contributed by atoms with Crippen LogP contribution < -0.4 is 5.73 Å². The Kier molecular flexibility index (Phi) is 2.41. The van der Waals surface area contributed by atoms with Crippen molar-refractivity contribution in [1.29, 1.82) is 0 Å². The minimum absolute atomic E-state index is 0.592. The molecule has 0 bridgehead atoms. The Bertz CT molecular complexity index is 701. The third-order valence-corrected chi connectivity index (χ3v) is 3.80. The molecule has 0 aromatic carbocycles. The number of aromatic nitrogens is 3. The van der Waals surface area contributed by atoms with E-state index in [1.165, 1.54) is 11.3 Å². The van der Waals surface area contributed by atoms with Gasteiger partial charge in [0, 0.05) is 32.7 Å². The van der Waals surface area contributed by atoms with E-state index in [2.05, 4.69) is 30.9 Å². The number of thiazole rings is 1. The molecule has 0 saturated heterocycles. The van der Waals surface area contributed by atoms with E-state index in [0.717, 1.165) is 31.6 Å². The number of pyridine rings is 1. The van der Waals surface area contributed by atoms with E-state index in [4.69, 9.17) is 5.73 Å². The second-order valence-corrected chi connectivity index (χ2v) is 5.86. The lowest BCUT2D eigenvalue weighted by Gasteiger charge is -1.96. The number of hydrogen-bond acceptors (Lipinski definition) is 4. The molecule has 4 nitrogen and oxygen atoms in total. The SMILES string of the molecule is Cc1sc(N)nc1-c1c[nH]c2ncc(Br)cc12. The first kappa shape index (κ1) is 10.7. The molecule has 0 aliphatic heterocycles. The molecule has 6 heteroatoms. The summed E-state index contributed by atoms with van der Waals surface area (Å²) in [6.07, 6.45) is 3.69. The predicted molar refractivity (Wildman–Crippen MR) is 74.1 cm³/mol. The van der Waals surface area contributed by atoms with Gasteiger partial charge in [-0.05, 0) is 28.9 Å². The summed E-state index contributed by atoms with van der Waals surface area (Å²) < 4.78 is 0.951. The summed E-state index contributed by atoms with van der Waals surface area (Å²) >= 11 is 4.93. The highest BCUT2D eigenvalue weighted by Gasteiger charge is 2.13. The number of anilines is 1. The number of nitrogens with two attached hydrogens (primary N) is 1. The minimum atomic E-state index is 0.592. The van der Waals surface area contributed by atoms with Gasteiger partial charge in [0.2, 0.25) is 0 Å². The van der Waals surface area contributed by atoms with E-state index in [-0.39, 0.29) is 0 Å². The van der Waals surface area contributed by atoms with Gasteiger partial charge in [0.25, 0.3) is 0 Å². The molecule has 0 spiro atoms. The summed E-state index contributed by atoms with van der Waals surface area (Å²) in [5.74, 6) is 0. The van der Waals surface area contributed by atoms with Crippen molar-refractivity contribution in [3.63, 3.8) is 0 Å². The Hall–Kier alpha value is -1.40. The van der Waals surface area contributed by atoms with Crippen molar-refractivity contribution in [1.82, 2.24) is 15.0 Å². The Morgan fingerprint density at radius 3 is 3.00 bits per heavy atom. The molecule has 0 unspecified atom stereocenters. The van der Waals surface area contributed by atoms with Crippen LogP contribution in [-0.2, 0) is 0 Å². The number of fused-ring (bicyclic) bond motifs is 1. The van der Waals surface area contributed by atoms with Gasteiger partial charge in [0.05, 0.1) is 5.69 Å². The van der Waals surface area contributed by atoms with Gasteiger partial charge in [-0.25, -0.2) is 9.97 Å². The molecule has 3 heterocycles. The summed E-state index contributed by atoms with van der Waals surface area (Å²) in [6, 6.07) is 2.03. The first-order valence-corrected chi connectivity index (χ1v) is 6.62. The molecule has 3 rings (SSSR count). The maximum atomic E-state index is 5.73. The van der Waals surface area contributed by atoms with Crippen LogP contribution in [0.25, 0.3) is 22.3 Å². The fourth-order valence-corrected chi connectivity index (χ4v) is 2.87. The van der Waals surface area contributed by atoms with Gasteiger partial charge in [-0.2, -0.15) is 0 Å². The molecule has 0 aliphatic rings. The summed E-state index contributed by atoms with van der Waals surface area (Å²) in [4.78, 5) is 12.9. The molecule has 0 atom stereocenters. The average Bonchev–Trinajstić information content (AvgIpc) is 2.81. The molecule has 0 saturated carbocycles. The molecule has 86 valence electrons. The smallest absolute Gasteiger partial charge is 0.180 e. The van der Waals surface area contributed by atoms with Crippen molar-refractivity contribution < 1.29 is 0 Å². The average molecular weight is 309 g/mol. The highest BCUT2D eigenvalue weighted by Crippen LogP contribution is 2.34. The highest BCUT2D eigenvalue weighted by atomic mass is 79.9. The highest BCUT2D eigenvalue weighted by molar-refractivity contribution is 9.10. The van der Waals surface area contributed by atoms with E-state index in [0.29, 0.717) is 5.13 Å². The van der Waals surface area contributed by atoms with Gasteiger partial charge in [0.1, 0.15) is 5.65 Å². The number of nitrogen functional groups attached to an aromatic ring is 1. The van der Waals surface area contributed by atoms with Gasteiger partial charge in [0.15, 0.2) is 5.13 Å². The fraction of sp³-hybridized carbons (Fsp3) is 0.0909. The van der Waals surface area contributed by atoms with Crippen LogP contribution in [0.2, 0.25) is 0 Å². The molecule has 0 radical (unpaired) electrons. The van der Waals surface area contributed by atoms with Crippen LogP contribution in [0, 0.1) is 6.92 Å². The van der Waals surface area contributed by atoms with E-state index < -0.39 is 0 Å². The Balaban J connectivity index is 2.30. The molecule has 3 aromatic heterocycles. The minimum Gasteiger partial charge on any atom is -0.375 e. The summed E-state index contributed by atoms with van der Waals surface area (Å²) in [7, 11) is 0. The fourth-order valence-electron chi connectivity index (χ4n) is 1.84. The number of nitrogens with one attached hydrogen (secondary N) is 1. The monoisotopic (exact) mass is 308 g/mol. The topological polar surface area (TPSA) is 67.6 Å². The number of rotatable bonds is 1. The lowest BCUT2D eigenvalue weighted by molar-refractivity contribution is 1.31.